The van der Waals surface area contributed by atoms with E-state index in [1.165, 1.54) is 0 Å². The summed E-state index contributed by atoms with van der Waals surface area (Å²) in [5.74, 6) is 0.493. The molecule has 0 spiro atoms. The predicted octanol–water partition coefficient (Wildman–Crippen LogP) is 1.06. The molecule has 0 aromatic carbocycles. The highest BCUT2D eigenvalue weighted by Gasteiger charge is 2.30. The third-order valence-electron chi connectivity index (χ3n) is 3.18. The summed E-state index contributed by atoms with van der Waals surface area (Å²) in [6.07, 6.45) is 6.11. The van der Waals surface area contributed by atoms with Crippen LogP contribution in [-0.4, -0.2) is 47.1 Å². The monoisotopic (exact) mass is 285 g/mol. The molecular weight excluding hydrogens is 266 g/mol. The molecule has 0 radical (unpaired) electrons. The summed E-state index contributed by atoms with van der Waals surface area (Å²) in [7, 11) is -3.15. The van der Waals surface area contributed by atoms with Gasteiger partial charge in [-0.2, -0.15) is 0 Å². The van der Waals surface area contributed by atoms with Crippen LogP contribution in [0.15, 0.2) is 18.6 Å². The smallest absolute Gasteiger partial charge is 0.232 e. The van der Waals surface area contributed by atoms with Crippen LogP contribution >= 0.6 is 0 Å². The van der Waals surface area contributed by atoms with Gasteiger partial charge in [0.2, 0.25) is 15.9 Å². The second-order valence-electron chi connectivity index (χ2n) is 4.85. The average Bonchev–Trinajstić information content (AvgIpc) is 2.40. The van der Waals surface area contributed by atoms with Crippen molar-refractivity contribution in [3.63, 3.8) is 0 Å². The van der Waals surface area contributed by atoms with E-state index in [9.17, 15) is 8.42 Å². The van der Waals surface area contributed by atoms with Gasteiger partial charge in [0.05, 0.1) is 11.4 Å². The van der Waals surface area contributed by atoms with Gasteiger partial charge >= 0.3 is 0 Å². The van der Waals surface area contributed by atoms with Gasteiger partial charge in [-0.25, -0.2) is 17.7 Å². The standard InChI is InChI=1S/C12H19N3O3S/c1-10(2)19(16,17)15-7-3-11(4-8-15)18-12-9-13-5-6-14-12/h5-6,9-11H,3-4,7-8H2,1-2H3. The van der Waals surface area contributed by atoms with Crippen molar-refractivity contribution >= 4 is 10.0 Å². The number of ether oxygens (including phenoxy) is 1. The van der Waals surface area contributed by atoms with Gasteiger partial charge in [0.15, 0.2) is 0 Å². The molecule has 0 amide bonds. The molecule has 0 N–H and O–H groups in total. The third kappa shape index (κ3) is 3.42. The van der Waals surface area contributed by atoms with Crippen LogP contribution in [0.5, 0.6) is 5.88 Å². The molecule has 2 heterocycles. The summed E-state index contributed by atoms with van der Waals surface area (Å²) in [6.45, 7) is 4.42. The van der Waals surface area contributed by atoms with Gasteiger partial charge < -0.3 is 4.74 Å². The maximum Gasteiger partial charge on any atom is 0.232 e. The maximum atomic E-state index is 12.0. The van der Waals surface area contributed by atoms with Crippen LogP contribution in [-0.2, 0) is 10.0 Å². The van der Waals surface area contributed by atoms with E-state index in [-0.39, 0.29) is 11.4 Å². The van der Waals surface area contributed by atoms with Crippen LogP contribution in [0, 0.1) is 0 Å². The van der Waals surface area contributed by atoms with Gasteiger partial charge in [-0.15, -0.1) is 0 Å². The molecule has 1 aliphatic heterocycles. The second-order valence-corrected chi connectivity index (χ2v) is 7.34. The zero-order valence-corrected chi connectivity index (χ0v) is 12.0. The lowest BCUT2D eigenvalue weighted by Gasteiger charge is -2.32. The van der Waals surface area contributed by atoms with Crippen LogP contribution < -0.4 is 4.74 Å². The maximum absolute atomic E-state index is 12.0. The van der Waals surface area contributed by atoms with E-state index < -0.39 is 10.0 Å². The Kier molecular flexibility index (Phi) is 4.36. The Balaban J connectivity index is 1.90. The Bertz CT molecular complexity index is 496. The highest BCUT2D eigenvalue weighted by Crippen LogP contribution is 2.20. The van der Waals surface area contributed by atoms with E-state index in [0.717, 1.165) is 0 Å². The van der Waals surface area contributed by atoms with E-state index in [1.54, 1.807) is 36.7 Å². The molecule has 0 aliphatic carbocycles. The van der Waals surface area contributed by atoms with Crippen molar-refractivity contribution in [1.82, 2.24) is 14.3 Å². The van der Waals surface area contributed by atoms with E-state index in [4.69, 9.17) is 4.74 Å². The zero-order chi connectivity index (χ0) is 13.9. The van der Waals surface area contributed by atoms with E-state index in [2.05, 4.69) is 9.97 Å². The highest BCUT2D eigenvalue weighted by atomic mass is 32.2. The minimum Gasteiger partial charge on any atom is -0.473 e. The van der Waals surface area contributed by atoms with Crippen molar-refractivity contribution in [1.29, 1.82) is 0 Å². The molecule has 6 nitrogen and oxygen atoms in total. The first-order chi connectivity index (χ1) is 9.00. The Hall–Kier alpha value is -1.21. The predicted molar refractivity (Wildman–Crippen MR) is 71.3 cm³/mol. The molecular formula is C12H19N3O3S. The van der Waals surface area contributed by atoms with Crippen molar-refractivity contribution in [3.8, 4) is 5.88 Å². The summed E-state index contributed by atoms with van der Waals surface area (Å²) >= 11 is 0. The minimum absolute atomic E-state index is 0.00955. The Labute approximate surface area is 113 Å². The normalized spacial score (nSPS) is 18.7. The molecule has 19 heavy (non-hydrogen) atoms. The first-order valence-electron chi connectivity index (χ1n) is 6.42. The lowest BCUT2D eigenvalue weighted by atomic mass is 10.1. The van der Waals surface area contributed by atoms with Gasteiger partial charge in [-0.1, -0.05) is 0 Å². The largest absolute Gasteiger partial charge is 0.473 e. The lowest BCUT2D eigenvalue weighted by Crippen LogP contribution is -2.44. The molecule has 1 aromatic heterocycles. The Morgan fingerprint density at radius 3 is 2.53 bits per heavy atom. The van der Waals surface area contributed by atoms with Gasteiger partial charge in [0, 0.05) is 25.5 Å². The first-order valence-corrected chi connectivity index (χ1v) is 7.92. The summed E-state index contributed by atoms with van der Waals surface area (Å²) in [4.78, 5) is 7.99. The fourth-order valence-corrected chi connectivity index (χ4v) is 3.34. The van der Waals surface area contributed by atoms with Crippen molar-refractivity contribution in [2.75, 3.05) is 13.1 Å². The van der Waals surface area contributed by atoms with Crippen molar-refractivity contribution in [3.05, 3.63) is 18.6 Å². The topological polar surface area (TPSA) is 72.4 Å². The second kappa shape index (κ2) is 5.83. The van der Waals surface area contributed by atoms with Crippen LogP contribution in [0.3, 0.4) is 0 Å². The Morgan fingerprint density at radius 2 is 2.00 bits per heavy atom. The van der Waals surface area contributed by atoms with E-state index in [0.29, 0.717) is 31.8 Å². The molecule has 2 rings (SSSR count). The summed E-state index contributed by atoms with van der Waals surface area (Å²) in [5.41, 5.74) is 0. The fraction of sp³-hybridized carbons (Fsp3) is 0.667. The molecule has 106 valence electrons. The fourth-order valence-electron chi connectivity index (χ4n) is 2.02. The highest BCUT2D eigenvalue weighted by molar-refractivity contribution is 7.89. The zero-order valence-electron chi connectivity index (χ0n) is 11.2. The number of sulfonamides is 1. The van der Waals surface area contributed by atoms with Crippen LogP contribution in [0.4, 0.5) is 0 Å². The quantitative estimate of drug-likeness (QED) is 0.827. The Morgan fingerprint density at radius 1 is 1.32 bits per heavy atom. The third-order valence-corrected chi connectivity index (χ3v) is 5.46. The molecule has 0 bridgehead atoms. The summed E-state index contributed by atoms with van der Waals surface area (Å²) in [5, 5.41) is -0.370. The molecule has 1 aliphatic rings. The molecule has 1 fully saturated rings. The van der Waals surface area contributed by atoms with Crippen molar-refractivity contribution in [2.24, 2.45) is 0 Å². The number of hydrogen-bond donors (Lipinski definition) is 0. The number of nitrogens with zero attached hydrogens (tertiary/aromatic N) is 3. The molecule has 1 aromatic rings. The van der Waals surface area contributed by atoms with Gasteiger partial charge in [0.25, 0.3) is 0 Å². The molecule has 1 saturated heterocycles. The van der Waals surface area contributed by atoms with Crippen LogP contribution in [0.2, 0.25) is 0 Å². The number of hydrogen-bond acceptors (Lipinski definition) is 5. The van der Waals surface area contributed by atoms with Gasteiger partial charge in [-0.05, 0) is 26.7 Å². The van der Waals surface area contributed by atoms with Crippen molar-refractivity contribution in [2.45, 2.75) is 38.0 Å². The van der Waals surface area contributed by atoms with E-state index in [1.807, 2.05) is 0 Å². The molecule has 0 unspecified atom stereocenters. The minimum atomic E-state index is -3.15. The van der Waals surface area contributed by atoms with Gasteiger partial charge in [-0.3, -0.25) is 4.98 Å². The van der Waals surface area contributed by atoms with Crippen molar-refractivity contribution < 1.29 is 13.2 Å². The summed E-state index contributed by atoms with van der Waals surface area (Å²) < 4.78 is 31.3. The first kappa shape index (κ1) is 14.2. The van der Waals surface area contributed by atoms with E-state index >= 15 is 0 Å². The summed E-state index contributed by atoms with van der Waals surface area (Å²) in [6, 6.07) is 0. The average molecular weight is 285 g/mol. The number of piperidine rings is 1. The molecule has 0 saturated carbocycles. The molecule has 7 heteroatoms. The number of aromatic nitrogens is 2. The van der Waals surface area contributed by atoms with Crippen LogP contribution in [0.1, 0.15) is 26.7 Å². The number of rotatable bonds is 4. The lowest BCUT2D eigenvalue weighted by molar-refractivity contribution is 0.129. The van der Waals surface area contributed by atoms with Crippen LogP contribution in [0.25, 0.3) is 0 Å². The van der Waals surface area contributed by atoms with Gasteiger partial charge in [0.1, 0.15) is 6.10 Å². The SMILES string of the molecule is CC(C)S(=O)(=O)N1CCC(Oc2cnccn2)CC1. The molecule has 0 atom stereocenters.